The van der Waals surface area contributed by atoms with E-state index in [4.69, 9.17) is 4.74 Å². The zero-order valence-corrected chi connectivity index (χ0v) is 10.2. The van der Waals surface area contributed by atoms with Crippen LogP contribution in [-0.4, -0.2) is 18.7 Å². The van der Waals surface area contributed by atoms with Crippen LogP contribution in [0.2, 0.25) is 0 Å². The van der Waals surface area contributed by atoms with Gasteiger partial charge in [0.1, 0.15) is 5.75 Å². The van der Waals surface area contributed by atoms with Crippen molar-refractivity contribution < 1.29 is 4.74 Å². The van der Waals surface area contributed by atoms with E-state index in [1.165, 1.54) is 24.9 Å². The van der Waals surface area contributed by atoms with Crippen LogP contribution < -0.4 is 10.1 Å². The predicted molar refractivity (Wildman–Crippen MR) is 66.9 cm³/mol. The molecule has 2 nitrogen and oxygen atoms in total. The fourth-order valence-electron chi connectivity index (χ4n) is 2.33. The zero-order valence-electron chi connectivity index (χ0n) is 10.2. The Labute approximate surface area is 98.0 Å². The Morgan fingerprint density at radius 2 is 2.38 bits per heavy atom. The Balaban J connectivity index is 1.84. The van der Waals surface area contributed by atoms with Gasteiger partial charge >= 0.3 is 0 Å². The van der Waals surface area contributed by atoms with E-state index in [-0.39, 0.29) is 6.10 Å². The second-order valence-corrected chi connectivity index (χ2v) is 4.77. The number of rotatable bonds is 4. The normalized spacial score (nSPS) is 22.0. The molecule has 0 radical (unpaired) electrons. The topological polar surface area (TPSA) is 21.3 Å². The van der Waals surface area contributed by atoms with E-state index >= 15 is 0 Å². The molecule has 1 aromatic rings. The van der Waals surface area contributed by atoms with Gasteiger partial charge in [-0.15, -0.1) is 0 Å². The number of benzene rings is 1. The quantitative estimate of drug-likeness (QED) is 0.840. The third kappa shape index (κ3) is 3.24. The van der Waals surface area contributed by atoms with Crippen LogP contribution >= 0.6 is 0 Å². The SMILES string of the molecule is Cc1cccc(OC(C)CC2CCCN2)c1. The Bertz CT molecular complexity index is 331. The molecule has 1 aliphatic heterocycles. The lowest BCUT2D eigenvalue weighted by molar-refractivity contribution is 0.196. The largest absolute Gasteiger partial charge is 0.491 e. The van der Waals surface area contributed by atoms with E-state index in [1.807, 2.05) is 12.1 Å². The van der Waals surface area contributed by atoms with Crippen molar-refractivity contribution in [3.8, 4) is 5.75 Å². The molecule has 16 heavy (non-hydrogen) atoms. The molecule has 1 aliphatic rings. The molecular formula is C14H21NO. The van der Waals surface area contributed by atoms with Gasteiger partial charge in [-0.3, -0.25) is 0 Å². The van der Waals surface area contributed by atoms with Crippen molar-refractivity contribution in [2.75, 3.05) is 6.54 Å². The first-order valence-electron chi connectivity index (χ1n) is 6.21. The van der Waals surface area contributed by atoms with E-state index in [9.17, 15) is 0 Å². The summed E-state index contributed by atoms with van der Waals surface area (Å²) in [4.78, 5) is 0. The van der Waals surface area contributed by atoms with Gasteiger partial charge in [-0.1, -0.05) is 12.1 Å². The molecule has 0 aliphatic carbocycles. The molecule has 0 saturated carbocycles. The van der Waals surface area contributed by atoms with Crippen LogP contribution in [0.3, 0.4) is 0 Å². The maximum absolute atomic E-state index is 5.92. The van der Waals surface area contributed by atoms with Crippen LogP contribution in [0.15, 0.2) is 24.3 Å². The lowest BCUT2D eigenvalue weighted by Gasteiger charge is -2.18. The summed E-state index contributed by atoms with van der Waals surface area (Å²) in [7, 11) is 0. The van der Waals surface area contributed by atoms with Crippen molar-refractivity contribution in [3.63, 3.8) is 0 Å². The smallest absolute Gasteiger partial charge is 0.119 e. The molecule has 1 fully saturated rings. The highest BCUT2D eigenvalue weighted by Gasteiger charge is 2.17. The van der Waals surface area contributed by atoms with E-state index in [0.29, 0.717) is 6.04 Å². The third-order valence-electron chi connectivity index (χ3n) is 3.11. The first kappa shape index (κ1) is 11.5. The van der Waals surface area contributed by atoms with Gasteiger partial charge in [0, 0.05) is 6.04 Å². The van der Waals surface area contributed by atoms with Crippen molar-refractivity contribution in [1.82, 2.24) is 5.32 Å². The lowest BCUT2D eigenvalue weighted by atomic mass is 10.1. The van der Waals surface area contributed by atoms with Crippen LogP contribution in [0.1, 0.15) is 31.7 Å². The van der Waals surface area contributed by atoms with Crippen LogP contribution in [0.5, 0.6) is 5.75 Å². The van der Waals surface area contributed by atoms with Crippen molar-refractivity contribution in [2.24, 2.45) is 0 Å². The number of hydrogen-bond donors (Lipinski definition) is 1. The Morgan fingerprint density at radius 1 is 1.50 bits per heavy atom. The predicted octanol–water partition coefficient (Wildman–Crippen LogP) is 2.90. The second-order valence-electron chi connectivity index (χ2n) is 4.77. The summed E-state index contributed by atoms with van der Waals surface area (Å²) < 4.78 is 5.92. The minimum absolute atomic E-state index is 0.289. The fourth-order valence-corrected chi connectivity index (χ4v) is 2.33. The first-order valence-corrected chi connectivity index (χ1v) is 6.21. The summed E-state index contributed by atoms with van der Waals surface area (Å²) >= 11 is 0. The standard InChI is InChI=1S/C14H21NO/c1-11-5-3-7-14(9-11)16-12(2)10-13-6-4-8-15-13/h3,5,7,9,12-13,15H,4,6,8,10H2,1-2H3. The molecule has 0 aromatic heterocycles. The molecule has 1 saturated heterocycles. The minimum atomic E-state index is 0.289. The molecule has 2 heteroatoms. The van der Waals surface area contributed by atoms with Crippen LogP contribution in [0.4, 0.5) is 0 Å². The monoisotopic (exact) mass is 219 g/mol. The minimum Gasteiger partial charge on any atom is -0.491 e. The van der Waals surface area contributed by atoms with E-state index in [2.05, 4.69) is 31.3 Å². The van der Waals surface area contributed by atoms with Crippen LogP contribution in [0.25, 0.3) is 0 Å². The van der Waals surface area contributed by atoms with Gasteiger partial charge in [0.2, 0.25) is 0 Å². The molecule has 1 N–H and O–H groups in total. The van der Waals surface area contributed by atoms with E-state index in [1.54, 1.807) is 0 Å². The number of aryl methyl sites for hydroxylation is 1. The van der Waals surface area contributed by atoms with E-state index < -0.39 is 0 Å². The van der Waals surface area contributed by atoms with Crippen molar-refractivity contribution in [2.45, 2.75) is 45.3 Å². The Kier molecular flexibility index (Phi) is 3.83. The highest BCUT2D eigenvalue weighted by Crippen LogP contribution is 2.18. The summed E-state index contributed by atoms with van der Waals surface area (Å²) in [6.45, 7) is 5.42. The molecule has 0 amide bonds. The van der Waals surface area contributed by atoms with Gasteiger partial charge in [-0.2, -0.15) is 0 Å². The number of ether oxygens (including phenoxy) is 1. The van der Waals surface area contributed by atoms with Gasteiger partial charge in [0.05, 0.1) is 6.10 Å². The summed E-state index contributed by atoms with van der Waals surface area (Å²) in [5.74, 6) is 0.991. The van der Waals surface area contributed by atoms with Crippen molar-refractivity contribution in [3.05, 3.63) is 29.8 Å². The average molecular weight is 219 g/mol. The maximum Gasteiger partial charge on any atom is 0.119 e. The molecule has 1 aromatic carbocycles. The second kappa shape index (κ2) is 5.35. The number of hydrogen-bond acceptors (Lipinski definition) is 2. The van der Waals surface area contributed by atoms with Gasteiger partial charge in [0.25, 0.3) is 0 Å². The van der Waals surface area contributed by atoms with Crippen LogP contribution in [0, 0.1) is 6.92 Å². The highest BCUT2D eigenvalue weighted by atomic mass is 16.5. The van der Waals surface area contributed by atoms with E-state index in [0.717, 1.165) is 12.2 Å². The van der Waals surface area contributed by atoms with Gasteiger partial charge in [-0.25, -0.2) is 0 Å². The molecule has 0 bridgehead atoms. The fraction of sp³-hybridized carbons (Fsp3) is 0.571. The molecular weight excluding hydrogens is 198 g/mol. The van der Waals surface area contributed by atoms with Gasteiger partial charge < -0.3 is 10.1 Å². The maximum atomic E-state index is 5.92. The highest BCUT2D eigenvalue weighted by molar-refractivity contribution is 5.27. The van der Waals surface area contributed by atoms with Crippen LogP contribution in [-0.2, 0) is 0 Å². The lowest BCUT2D eigenvalue weighted by Crippen LogP contribution is -2.28. The Morgan fingerprint density at radius 3 is 3.06 bits per heavy atom. The Hall–Kier alpha value is -1.02. The molecule has 2 rings (SSSR count). The molecule has 2 unspecified atom stereocenters. The summed E-state index contributed by atoms with van der Waals surface area (Å²) in [6, 6.07) is 8.92. The van der Waals surface area contributed by atoms with Gasteiger partial charge in [-0.05, 0) is 57.4 Å². The summed E-state index contributed by atoms with van der Waals surface area (Å²) in [5.41, 5.74) is 1.25. The molecule has 1 heterocycles. The summed E-state index contributed by atoms with van der Waals surface area (Å²) in [5, 5.41) is 3.50. The molecule has 0 spiro atoms. The summed E-state index contributed by atoms with van der Waals surface area (Å²) in [6.07, 6.45) is 3.99. The zero-order chi connectivity index (χ0) is 11.4. The third-order valence-corrected chi connectivity index (χ3v) is 3.11. The molecule has 2 atom stereocenters. The van der Waals surface area contributed by atoms with Crippen molar-refractivity contribution in [1.29, 1.82) is 0 Å². The van der Waals surface area contributed by atoms with Crippen molar-refractivity contribution >= 4 is 0 Å². The molecule has 88 valence electrons. The first-order chi connectivity index (χ1) is 7.74. The van der Waals surface area contributed by atoms with Gasteiger partial charge in [0.15, 0.2) is 0 Å². The number of nitrogens with one attached hydrogen (secondary N) is 1. The average Bonchev–Trinajstić information content (AvgIpc) is 2.70.